The van der Waals surface area contributed by atoms with Crippen LogP contribution in [0, 0.1) is 0 Å². The minimum Gasteiger partial charge on any atom is -0.352 e. The molecule has 4 amide bonds. The van der Waals surface area contributed by atoms with Crippen molar-refractivity contribution in [3.63, 3.8) is 0 Å². The van der Waals surface area contributed by atoms with Crippen LogP contribution in [0.15, 0.2) is 24.3 Å². The van der Waals surface area contributed by atoms with Gasteiger partial charge in [-0.15, -0.1) is 0 Å². The molecule has 2 heterocycles. The second kappa shape index (κ2) is 9.13. The van der Waals surface area contributed by atoms with Crippen LogP contribution in [0.1, 0.15) is 45.1 Å². The SMILES string of the molecule is CCC1(CC)NC(=O)N(CC(=O)NC2CCN(Cc3ccc(Cl)cc3)CC2)C1=O. The summed E-state index contributed by atoms with van der Waals surface area (Å²) in [4.78, 5) is 40.6. The highest BCUT2D eigenvalue weighted by molar-refractivity contribution is 6.30. The number of rotatable bonds is 7. The van der Waals surface area contributed by atoms with Gasteiger partial charge in [-0.05, 0) is 43.4 Å². The summed E-state index contributed by atoms with van der Waals surface area (Å²) in [5.41, 5.74) is 0.343. The smallest absolute Gasteiger partial charge is 0.325 e. The van der Waals surface area contributed by atoms with E-state index in [0.29, 0.717) is 12.8 Å². The van der Waals surface area contributed by atoms with Crippen molar-refractivity contribution in [1.29, 1.82) is 0 Å². The van der Waals surface area contributed by atoms with Gasteiger partial charge in [-0.25, -0.2) is 4.79 Å². The number of carbonyl (C=O) groups excluding carboxylic acids is 3. The molecule has 29 heavy (non-hydrogen) atoms. The van der Waals surface area contributed by atoms with Crippen LogP contribution < -0.4 is 10.6 Å². The second-order valence-corrected chi connectivity index (χ2v) is 8.29. The van der Waals surface area contributed by atoms with Gasteiger partial charge in [0.05, 0.1) is 0 Å². The Morgan fingerprint density at radius 3 is 2.34 bits per heavy atom. The van der Waals surface area contributed by atoms with Gasteiger partial charge in [-0.1, -0.05) is 37.6 Å². The summed E-state index contributed by atoms with van der Waals surface area (Å²) in [6.45, 7) is 6.12. The first-order valence-electron chi connectivity index (χ1n) is 10.3. The Morgan fingerprint density at radius 1 is 1.17 bits per heavy atom. The van der Waals surface area contributed by atoms with Gasteiger partial charge in [-0.3, -0.25) is 19.4 Å². The van der Waals surface area contributed by atoms with Crippen molar-refractivity contribution >= 4 is 29.4 Å². The number of hydrogen-bond acceptors (Lipinski definition) is 4. The van der Waals surface area contributed by atoms with Gasteiger partial charge >= 0.3 is 6.03 Å². The number of likely N-dealkylation sites (tertiary alicyclic amines) is 1. The Labute approximate surface area is 176 Å². The minimum absolute atomic E-state index is 0.0619. The Hall–Kier alpha value is -2.12. The molecule has 2 aliphatic rings. The van der Waals surface area contributed by atoms with E-state index in [4.69, 9.17) is 11.6 Å². The molecule has 2 N–H and O–H groups in total. The van der Waals surface area contributed by atoms with Crippen LogP contribution in [-0.4, -0.2) is 58.9 Å². The number of piperidine rings is 1. The molecule has 0 unspecified atom stereocenters. The van der Waals surface area contributed by atoms with Crippen molar-refractivity contribution < 1.29 is 14.4 Å². The van der Waals surface area contributed by atoms with Gasteiger partial charge in [0, 0.05) is 30.7 Å². The number of nitrogens with zero attached hydrogens (tertiary/aromatic N) is 2. The zero-order valence-electron chi connectivity index (χ0n) is 17.0. The van der Waals surface area contributed by atoms with Crippen molar-refractivity contribution in [2.24, 2.45) is 0 Å². The molecule has 3 rings (SSSR count). The molecule has 7 nitrogen and oxygen atoms in total. The number of hydrogen-bond donors (Lipinski definition) is 2. The van der Waals surface area contributed by atoms with E-state index in [-0.39, 0.29) is 24.4 Å². The van der Waals surface area contributed by atoms with Crippen molar-refractivity contribution in [3.05, 3.63) is 34.9 Å². The number of carbonyl (C=O) groups is 3. The van der Waals surface area contributed by atoms with E-state index in [9.17, 15) is 14.4 Å². The minimum atomic E-state index is -0.871. The molecule has 2 fully saturated rings. The van der Waals surface area contributed by atoms with Crippen molar-refractivity contribution in [1.82, 2.24) is 20.4 Å². The molecule has 158 valence electrons. The fraction of sp³-hybridized carbons (Fsp3) is 0.571. The molecule has 0 aromatic heterocycles. The molecular weight excluding hydrogens is 392 g/mol. The molecule has 0 spiro atoms. The lowest BCUT2D eigenvalue weighted by Crippen LogP contribution is -2.49. The maximum atomic E-state index is 12.6. The highest BCUT2D eigenvalue weighted by atomic mass is 35.5. The maximum Gasteiger partial charge on any atom is 0.325 e. The molecule has 0 aliphatic carbocycles. The Bertz CT molecular complexity index is 756. The van der Waals surface area contributed by atoms with Gasteiger partial charge in [0.1, 0.15) is 12.1 Å². The normalized spacial score (nSPS) is 20.0. The third-order valence-corrected chi connectivity index (χ3v) is 6.28. The topological polar surface area (TPSA) is 81.8 Å². The van der Waals surface area contributed by atoms with E-state index in [1.54, 1.807) is 0 Å². The zero-order valence-corrected chi connectivity index (χ0v) is 17.8. The van der Waals surface area contributed by atoms with Gasteiger partial charge in [-0.2, -0.15) is 0 Å². The standard InChI is InChI=1S/C21H29ClN4O3/c1-3-21(4-2)19(28)26(20(29)24-21)14-18(27)23-17-9-11-25(12-10-17)13-15-5-7-16(22)8-6-15/h5-8,17H,3-4,9-14H2,1-2H3,(H,23,27)(H,24,29). The van der Waals surface area contributed by atoms with E-state index in [1.807, 2.05) is 38.1 Å². The molecule has 0 saturated carbocycles. The first-order chi connectivity index (χ1) is 13.9. The first-order valence-corrected chi connectivity index (χ1v) is 10.6. The molecule has 0 bridgehead atoms. The highest BCUT2D eigenvalue weighted by Gasteiger charge is 2.49. The molecule has 0 atom stereocenters. The second-order valence-electron chi connectivity index (χ2n) is 7.86. The quantitative estimate of drug-likeness (QED) is 0.664. The van der Waals surface area contributed by atoms with E-state index in [1.165, 1.54) is 5.56 Å². The summed E-state index contributed by atoms with van der Waals surface area (Å²) in [7, 11) is 0. The third-order valence-electron chi connectivity index (χ3n) is 6.03. The van der Waals surface area contributed by atoms with E-state index in [2.05, 4.69) is 15.5 Å². The summed E-state index contributed by atoms with van der Waals surface area (Å²) >= 11 is 5.93. The predicted molar refractivity (Wildman–Crippen MR) is 111 cm³/mol. The fourth-order valence-corrected chi connectivity index (χ4v) is 4.18. The monoisotopic (exact) mass is 420 g/mol. The number of urea groups is 1. The van der Waals surface area contributed by atoms with Crippen LogP contribution in [0.3, 0.4) is 0 Å². The van der Waals surface area contributed by atoms with Crippen LogP contribution >= 0.6 is 11.6 Å². The van der Waals surface area contributed by atoms with Crippen molar-refractivity contribution in [2.75, 3.05) is 19.6 Å². The van der Waals surface area contributed by atoms with Gasteiger partial charge in [0.2, 0.25) is 5.91 Å². The number of amides is 4. The van der Waals surface area contributed by atoms with Crippen molar-refractivity contribution in [2.45, 2.75) is 57.7 Å². The largest absolute Gasteiger partial charge is 0.352 e. The third kappa shape index (κ3) is 4.90. The molecule has 8 heteroatoms. The summed E-state index contributed by atoms with van der Waals surface area (Å²) in [6, 6.07) is 7.43. The van der Waals surface area contributed by atoms with Crippen LogP contribution in [0.4, 0.5) is 4.79 Å². The fourth-order valence-electron chi connectivity index (χ4n) is 4.05. The van der Waals surface area contributed by atoms with Crippen LogP contribution in [-0.2, 0) is 16.1 Å². The summed E-state index contributed by atoms with van der Waals surface area (Å²) in [6.07, 6.45) is 2.71. The summed E-state index contributed by atoms with van der Waals surface area (Å²) in [5, 5.41) is 6.47. The molecule has 2 saturated heterocycles. The van der Waals surface area contributed by atoms with Gasteiger partial charge in [0.15, 0.2) is 0 Å². The number of benzene rings is 1. The van der Waals surface area contributed by atoms with Crippen molar-refractivity contribution in [3.8, 4) is 0 Å². The average Bonchev–Trinajstić information content (AvgIpc) is 2.96. The maximum absolute atomic E-state index is 12.6. The summed E-state index contributed by atoms with van der Waals surface area (Å²) in [5.74, 6) is -0.590. The average molecular weight is 421 g/mol. The molecular formula is C21H29ClN4O3. The summed E-state index contributed by atoms with van der Waals surface area (Å²) < 4.78 is 0. The predicted octanol–water partition coefficient (Wildman–Crippen LogP) is 2.53. The van der Waals surface area contributed by atoms with E-state index < -0.39 is 11.6 Å². The zero-order chi connectivity index (χ0) is 21.0. The Morgan fingerprint density at radius 2 is 1.79 bits per heavy atom. The Kier molecular flexibility index (Phi) is 6.80. The number of imide groups is 1. The molecule has 2 aliphatic heterocycles. The van der Waals surface area contributed by atoms with Crippen LogP contribution in [0.5, 0.6) is 0 Å². The lowest BCUT2D eigenvalue weighted by atomic mass is 9.93. The highest BCUT2D eigenvalue weighted by Crippen LogP contribution is 2.24. The number of halogens is 1. The molecule has 1 aromatic carbocycles. The first kappa shape index (κ1) is 21.6. The van der Waals surface area contributed by atoms with Crippen LogP contribution in [0.2, 0.25) is 5.02 Å². The van der Waals surface area contributed by atoms with E-state index >= 15 is 0 Å². The van der Waals surface area contributed by atoms with Crippen LogP contribution in [0.25, 0.3) is 0 Å². The molecule has 0 radical (unpaired) electrons. The number of nitrogens with one attached hydrogen (secondary N) is 2. The van der Waals surface area contributed by atoms with E-state index in [0.717, 1.165) is 42.4 Å². The molecule has 1 aromatic rings. The lowest BCUT2D eigenvalue weighted by Gasteiger charge is -2.32. The lowest BCUT2D eigenvalue weighted by molar-refractivity contribution is -0.135. The van der Waals surface area contributed by atoms with Gasteiger partial charge < -0.3 is 10.6 Å². The Balaban J connectivity index is 1.46. The van der Waals surface area contributed by atoms with Gasteiger partial charge in [0.25, 0.3) is 5.91 Å².